The van der Waals surface area contributed by atoms with Crippen LogP contribution < -0.4 is 5.32 Å². The highest BCUT2D eigenvalue weighted by atomic mass is 15.1. The summed E-state index contributed by atoms with van der Waals surface area (Å²) in [7, 11) is 0. The van der Waals surface area contributed by atoms with Crippen molar-refractivity contribution in [3.8, 4) is 0 Å². The Bertz CT molecular complexity index is 838. The minimum absolute atomic E-state index is 0.379. The Morgan fingerprint density at radius 2 is 1.73 bits per heavy atom. The molecule has 1 N–H and O–H groups in total. The molecule has 134 valence electrons. The van der Waals surface area contributed by atoms with Gasteiger partial charge in [-0.15, -0.1) is 0 Å². The van der Waals surface area contributed by atoms with Crippen LogP contribution in [-0.4, -0.2) is 24.5 Å². The molecule has 0 spiro atoms. The van der Waals surface area contributed by atoms with Crippen molar-refractivity contribution in [1.82, 2.24) is 10.2 Å². The zero-order valence-electron chi connectivity index (χ0n) is 15.6. The van der Waals surface area contributed by atoms with E-state index in [0.717, 1.165) is 19.0 Å². The second kappa shape index (κ2) is 8.03. The van der Waals surface area contributed by atoms with Gasteiger partial charge in [0.25, 0.3) is 0 Å². The molecule has 0 saturated carbocycles. The highest BCUT2D eigenvalue weighted by molar-refractivity contribution is 5.86. The first-order chi connectivity index (χ1) is 12.8. The van der Waals surface area contributed by atoms with Gasteiger partial charge in [0.1, 0.15) is 0 Å². The number of fused-ring (bicyclic) bond motifs is 1. The van der Waals surface area contributed by atoms with E-state index < -0.39 is 0 Å². The van der Waals surface area contributed by atoms with Crippen LogP contribution in [0, 0.1) is 5.92 Å². The molecule has 2 atom stereocenters. The zero-order valence-corrected chi connectivity index (χ0v) is 15.6. The quantitative estimate of drug-likeness (QED) is 0.676. The lowest BCUT2D eigenvalue weighted by molar-refractivity contribution is 0.312. The highest BCUT2D eigenvalue weighted by Gasteiger charge is 2.23. The molecule has 4 rings (SSSR count). The number of nitrogens with one attached hydrogen (secondary N) is 1. The normalized spacial score (nSPS) is 19.0. The van der Waals surface area contributed by atoms with E-state index in [1.807, 2.05) is 0 Å². The van der Waals surface area contributed by atoms with E-state index in [9.17, 15) is 0 Å². The Kier molecular flexibility index (Phi) is 5.33. The Hall–Kier alpha value is -2.16. The van der Waals surface area contributed by atoms with Crippen molar-refractivity contribution < 1.29 is 0 Å². The minimum atomic E-state index is 0.379. The summed E-state index contributed by atoms with van der Waals surface area (Å²) < 4.78 is 0. The molecule has 1 fully saturated rings. The average molecular weight is 345 g/mol. The van der Waals surface area contributed by atoms with Gasteiger partial charge in [-0.25, -0.2) is 0 Å². The van der Waals surface area contributed by atoms with Crippen LogP contribution in [0.3, 0.4) is 0 Å². The first-order valence-corrected chi connectivity index (χ1v) is 9.77. The lowest BCUT2D eigenvalue weighted by atomic mass is 9.99. The molecular weight excluding hydrogens is 316 g/mol. The molecule has 0 bridgehead atoms. The summed E-state index contributed by atoms with van der Waals surface area (Å²) in [5, 5.41) is 6.49. The van der Waals surface area contributed by atoms with E-state index in [-0.39, 0.29) is 0 Å². The molecule has 0 amide bonds. The number of likely N-dealkylation sites (tertiary alicyclic amines) is 1. The molecule has 0 radical (unpaired) electrons. The molecule has 2 heteroatoms. The summed E-state index contributed by atoms with van der Waals surface area (Å²) in [6.07, 6.45) is 1.29. The number of hydrogen-bond donors (Lipinski definition) is 1. The summed E-state index contributed by atoms with van der Waals surface area (Å²) in [5.74, 6) is 0.746. The maximum atomic E-state index is 3.79. The van der Waals surface area contributed by atoms with Crippen molar-refractivity contribution in [2.75, 3.05) is 19.6 Å². The third-order valence-electron chi connectivity index (χ3n) is 5.62. The van der Waals surface area contributed by atoms with Gasteiger partial charge >= 0.3 is 0 Å². The Labute approximate surface area is 156 Å². The van der Waals surface area contributed by atoms with Crippen molar-refractivity contribution in [2.45, 2.75) is 25.9 Å². The topological polar surface area (TPSA) is 15.3 Å². The number of hydrogen-bond acceptors (Lipinski definition) is 2. The van der Waals surface area contributed by atoms with Crippen LogP contribution in [0.2, 0.25) is 0 Å². The van der Waals surface area contributed by atoms with Crippen LogP contribution in [0.4, 0.5) is 0 Å². The molecule has 26 heavy (non-hydrogen) atoms. The molecule has 1 aliphatic rings. The van der Waals surface area contributed by atoms with Crippen molar-refractivity contribution in [3.63, 3.8) is 0 Å². The maximum Gasteiger partial charge on any atom is 0.0298 e. The molecule has 2 nitrogen and oxygen atoms in total. The van der Waals surface area contributed by atoms with Crippen molar-refractivity contribution in [2.24, 2.45) is 5.92 Å². The van der Waals surface area contributed by atoms with Crippen LogP contribution in [0.5, 0.6) is 0 Å². The third-order valence-corrected chi connectivity index (χ3v) is 5.62. The van der Waals surface area contributed by atoms with Gasteiger partial charge in [-0.05, 0) is 54.3 Å². The van der Waals surface area contributed by atoms with Gasteiger partial charge in [0.15, 0.2) is 0 Å². The molecule has 0 aliphatic carbocycles. The fourth-order valence-electron chi connectivity index (χ4n) is 4.15. The molecule has 0 unspecified atom stereocenters. The summed E-state index contributed by atoms with van der Waals surface area (Å²) in [6.45, 7) is 6.87. The third kappa shape index (κ3) is 3.98. The Balaban J connectivity index is 1.33. The smallest absolute Gasteiger partial charge is 0.0298 e. The van der Waals surface area contributed by atoms with E-state index >= 15 is 0 Å². The van der Waals surface area contributed by atoms with Crippen LogP contribution in [0.1, 0.15) is 30.5 Å². The van der Waals surface area contributed by atoms with Crippen LogP contribution in [-0.2, 0) is 6.54 Å². The lowest BCUT2D eigenvalue weighted by Gasteiger charge is -2.20. The first-order valence-electron chi connectivity index (χ1n) is 9.77. The summed E-state index contributed by atoms with van der Waals surface area (Å²) in [6, 6.07) is 26.5. The molecule has 3 aromatic rings. The van der Waals surface area contributed by atoms with Crippen molar-refractivity contribution in [1.29, 1.82) is 0 Å². The Morgan fingerprint density at radius 1 is 0.962 bits per heavy atom. The van der Waals surface area contributed by atoms with Gasteiger partial charge in [0.05, 0.1) is 0 Å². The summed E-state index contributed by atoms with van der Waals surface area (Å²) in [5.41, 5.74) is 2.83. The van der Waals surface area contributed by atoms with Crippen molar-refractivity contribution in [3.05, 3.63) is 83.9 Å². The van der Waals surface area contributed by atoms with E-state index in [4.69, 9.17) is 0 Å². The second-order valence-electron chi connectivity index (χ2n) is 7.57. The predicted molar refractivity (Wildman–Crippen MR) is 110 cm³/mol. The van der Waals surface area contributed by atoms with E-state index in [1.165, 1.54) is 41.4 Å². The molecule has 3 aromatic carbocycles. The summed E-state index contributed by atoms with van der Waals surface area (Å²) >= 11 is 0. The second-order valence-corrected chi connectivity index (χ2v) is 7.57. The fourth-order valence-corrected chi connectivity index (χ4v) is 4.15. The predicted octanol–water partition coefficient (Wildman–Crippen LogP) is 5.01. The van der Waals surface area contributed by atoms with Gasteiger partial charge in [0, 0.05) is 19.1 Å². The standard InChI is InChI=1S/C24H28N2/c1-19(23-13-7-11-22-10-5-6-12-24(22)23)25-16-21-14-15-26(18-21)17-20-8-3-2-4-9-20/h2-13,19,21,25H,14-18H2,1H3/t19-,21+/m1/s1. The molecular formula is C24H28N2. The lowest BCUT2D eigenvalue weighted by Crippen LogP contribution is -2.28. The number of nitrogens with zero attached hydrogens (tertiary/aromatic N) is 1. The van der Waals surface area contributed by atoms with Gasteiger partial charge in [-0.2, -0.15) is 0 Å². The van der Waals surface area contributed by atoms with E-state index in [2.05, 4.69) is 89.9 Å². The van der Waals surface area contributed by atoms with Gasteiger partial charge in [-0.3, -0.25) is 4.90 Å². The van der Waals surface area contributed by atoms with Crippen LogP contribution >= 0.6 is 0 Å². The minimum Gasteiger partial charge on any atom is -0.310 e. The largest absolute Gasteiger partial charge is 0.310 e. The SMILES string of the molecule is C[C@@H](NC[C@@H]1CCN(Cc2ccccc2)C1)c1cccc2ccccc12. The molecule has 1 aliphatic heterocycles. The number of benzene rings is 3. The fraction of sp³-hybridized carbons (Fsp3) is 0.333. The summed E-state index contributed by atoms with van der Waals surface area (Å²) in [4.78, 5) is 2.59. The van der Waals surface area contributed by atoms with Crippen LogP contribution in [0.25, 0.3) is 10.8 Å². The highest BCUT2D eigenvalue weighted by Crippen LogP contribution is 2.25. The zero-order chi connectivity index (χ0) is 17.8. The molecule has 0 aromatic heterocycles. The maximum absolute atomic E-state index is 3.79. The number of rotatable bonds is 6. The monoisotopic (exact) mass is 344 g/mol. The molecule has 1 heterocycles. The molecule has 1 saturated heterocycles. The van der Waals surface area contributed by atoms with Crippen molar-refractivity contribution >= 4 is 10.8 Å². The van der Waals surface area contributed by atoms with Gasteiger partial charge in [0.2, 0.25) is 0 Å². The van der Waals surface area contributed by atoms with E-state index in [0.29, 0.717) is 6.04 Å². The Morgan fingerprint density at radius 3 is 2.62 bits per heavy atom. The van der Waals surface area contributed by atoms with Gasteiger partial charge in [-0.1, -0.05) is 72.8 Å². The first kappa shape index (κ1) is 17.3. The average Bonchev–Trinajstić information content (AvgIpc) is 3.14. The van der Waals surface area contributed by atoms with Gasteiger partial charge < -0.3 is 5.32 Å². The van der Waals surface area contributed by atoms with E-state index in [1.54, 1.807) is 0 Å². The van der Waals surface area contributed by atoms with Crippen LogP contribution in [0.15, 0.2) is 72.8 Å².